The zero-order chi connectivity index (χ0) is 15.5. The summed E-state index contributed by atoms with van der Waals surface area (Å²) in [5, 5.41) is 0. The predicted molar refractivity (Wildman–Crippen MR) is 86.2 cm³/mol. The van der Waals surface area contributed by atoms with Gasteiger partial charge in [0.1, 0.15) is 11.4 Å². The lowest BCUT2D eigenvalue weighted by Gasteiger charge is -2.15. The quantitative estimate of drug-likeness (QED) is 0.526. The van der Waals surface area contributed by atoms with Crippen molar-refractivity contribution >= 4 is 11.5 Å². The van der Waals surface area contributed by atoms with Gasteiger partial charge in [-0.25, -0.2) is 4.58 Å². The maximum Gasteiger partial charge on any atom is 0.227 e. The molecule has 0 unspecified atom stereocenters. The van der Waals surface area contributed by atoms with Gasteiger partial charge in [-0.1, -0.05) is 0 Å². The van der Waals surface area contributed by atoms with Crippen molar-refractivity contribution in [2.24, 2.45) is 0 Å². The molecule has 1 aliphatic heterocycles. The monoisotopic (exact) mass is 376 g/mol. The number of ketones is 1. The highest BCUT2D eigenvalue weighted by molar-refractivity contribution is 5.99. The van der Waals surface area contributed by atoms with Crippen molar-refractivity contribution in [3.05, 3.63) is 53.9 Å². The molecule has 2 heterocycles. The van der Waals surface area contributed by atoms with Gasteiger partial charge in [0.05, 0.1) is 13.2 Å². The maximum atomic E-state index is 12.5. The van der Waals surface area contributed by atoms with E-state index in [1.807, 2.05) is 31.2 Å². The summed E-state index contributed by atoms with van der Waals surface area (Å²) in [5.41, 5.74) is 3.10. The van der Waals surface area contributed by atoms with Gasteiger partial charge in [0.25, 0.3) is 0 Å². The average molecular weight is 377 g/mol. The van der Waals surface area contributed by atoms with Crippen LogP contribution in [-0.4, -0.2) is 40.3 Å². The van der Waals surface area contributed by atoms with Gasteiger partial charge in [-0.3, -0.25) is 4.79 Å². The highest BCUT2D eigenvalue weighted by Crippen LogP contribution is 2.14. The van der Waals surface area contributed by atoms with Gasteiger partial charge in [0.15, 0.2) is 12.3 Å². The number of rotatable bonds is 5. The number of aromatic nitrogens is 1. The standard InChI is InChI=1S/C18H21N2O2.BrH/c1-3-22-16-8-6-15(7-9-16)18(21)13-20-12-11-19-10-4-5-17(19)14(20)2;/h4-10H,3,11-13H2,1-2H3;1H/q+1;/p-1. The van der Waals surface area contributed by atoms with Gasteiger partial charge >= 0.3 is 0 Å². The topological polar surface area (TPSA) is 34.2 Å². The van der Waals surface area contributed by atoms with Gasteiger partial charge < -0.3 is 26.3 Å². The summed E-state index contributed by atoms with van der Waals surface area (Å²) in [6.07, 6.45) is 2.09. The Kier molecular flexibility index (Phi) is 5.77. The van der Waals surface area contributed by atoms with Crippen LogP contribution < -0.4 is 21.7 Å². The number of hydrogen-bond acceptors (Lipinski definition) is 2. The average Bonchev–Trinajstić information content (AvgIpc) is 3.00. The molecule has 0 atom stereocenters. The fourth-order valence-corrected chi connectivity index (χ4v) is 2.86. The molecule has 122 valence electrons. The molecule has 4 nitrogen and oxygen atoms in total. The number of carbonyl (C=O) groups is 1. The third-order valence-corrected chi connectivity index (χ3v) is 4.11. The Morgan fingerprint density at radius 2 is 2.00 bits per heavy atom. The molecular formula is C18H21BrN2O2. The van der Waals surface area contributed by atoms with E-state index in [2.05, 4.69) is 34.4 Å². The number of hydrogen-bond donors (Lipinski definition) is 0. The first-order valence-corrected chi connectivity index (χ1v) is 7.69. The summed E-state index contributed by atoms with van der Waals surface area (Å²) in [4.78, 5) is 12.5. The van der Waals surface area contributed by atoms with Crippen molar-refractivity contribution in [2.75, 3.05) is 19.7 Å². The van der Waals surface area contributed by atoms with E-state index in [4.69, 9.17) is 4.74 Å². The SMILES string of the molecule is CCOc1ccc(C(=O)C[N+]2=C(C)c3cccn3CC2)cc1.[Br-]. The molecule has 1 aliphatic rings. The van der Waals surface area contributed by atoms with E-state index in [0.29, 0.717) is 13.2 Å². The van der Waals surface area contributed by atoms with Crippen molar-refractivity contribution in [1.29, 1.82) is 0 Å². The smallest absolute Gasteiger partial charge is 0.227 e. The van der Waals surface area contributed by atoms with Crippen LogP contribution in [0.2, 0.25) is 0 Å². The normalized spacial score (nSPS) is 13.3. The van der Waals surface area contributed by atoms with Gasteiger partial charge in [0.2, 0.25) is 12.3 Å². The third kappa shape index (κ3) is 3.72. The minimum absolute atomic E-state index is 0. The molecule has 1 aromatic heterocycles. The summed E-state index contributed by atoms with van der Waals surface area (Å²) >= 11 is 0. The molecule has 3 rings (SSSR count). The third-order valence-electron chi connectivity index (χ3n) is 4.11. The fraction of sp³-hybridized carbons (Fsp3) is 0.333. The number of carbonyl (C=O) groups excluding carboxylic acids is 1. The molecule has 23 heavy (non-hydrogen) atoms. The first-order valence-electron chi connectivity index (χ1n) is 7.69. The molecule has 0 amide bonds. The van der Waals surface area contributed by atoms with Gasteiger partial charge in [-0.2, -0.15) is 0 Å². The predicted octanol–water partition coefficient (Wildman–Crippen LogP) is -0.391. The molecule has 0 saturated heterocycles. The van der Waals surface area contributed by atoms with Crippen LogP contribution in [0, 0.1) is 0 Å². The minimum atomic E-state index is 0. The van der Waals surface area contributed by atoms with Crippen LogP contribution in [0.4, 0.5) is 0 Å². The Hall–Kier alpha value is -1.88. The van der Waals surface area contributed by atoms with Gasteiger partial charge in [-0.15, -0.1) is 0 Å². The van der Waals surface area contributed by atoms with E-state index in [9.17, 15) is 4.79 Å². The lowest BCUT2D eigenvalue weighted by Crippen LogP contribution is -3.00. The minimum Gasteiger partial charge on any atom is -1.00 e. The van der Waals surface area contributed by atoms with Crippen molar-refractivity contribution in [1.82, 2.24) is 4.57 Å². The van der Waals surface area contributed by atoms with E-state index in [-0.39, 0.29) is 22.8 Å². The van der Waals surface area contributed by atoms with Crippen LogP contribution in [0.3, 0.4) is 0 Å². The van der Waals surface area contributed by atoms with E-state index in [1.54, 1.807) is 0 Å². The lowest BCUT2D eigenvalue weighted by molar-refractivity contribution is -0.518. The maximum absolute atomic E-state index is 12.5. The zero-order valence-electron chi connectivity index (χ0n) is 13.5. The zero-order valence-corrected chi connectivity index (χ0v) is 15.0. The van der Waals surface area contributed by atoms with Crippen LogP contribution in [0.15, 0.2) is 42.6 Å². The number of Topliss-reactive ketones (excluding diaryl/α,β-unsaturated/α-hetero) is 1. The van der Waals surface area contributed by atoms with E-state index >= 15 is 0 Å². The van der Waals surface area contributed by atoms with Gasteiger partial charge in [-0.05, 0) is 43.3 Å². The Bertz CT molecular complexity index is 717. The second-order valence-electron chi connectivity index (χ2n) is 5.47. The van der Waals surface area contributed by atoms with E-state index < -0.39 is 0 Å². The van der Waals surface area contributed by atoms with Crippen LogP contribution in [0.5, 0.6) is 5.75 Å². The molecule has 0 fully saturated rings. The molecule has 0 spiro atoms. The van der Waals surface area contributed by atoms with E-state index in [1.165, 1.54) is 5.69 Å². The van der Waals surface area contributed by atoms with Crippen molar-refractivity contribution < 1.29 is 31.1 Å². The fourth-order valence-electron chi connectivity index (χ4n) is 2.86. The largest absolute Gasteiger partial charge is 1.00 e. The molecule has 5 heteroatoms. The summed E-state index contributed by atoms with van der Waals surface area (Å²) in [6, 6.07) is 11.5. The van der Waals surface area contributed by atoms with Crippen LogP contribution >= 0.6 is 0 Å². The van der Waals surface area contributed by atoms with Crippen LogP contribution in [0.25, 0.3) is 0 Å². The summed E-state index contributed by atoms with van der Waals surface area (Å²) in [5.74, 6) is 0.944. The second kappa shape index (κ2) is 7.59. The van der Waals surface area contributed by atoms with Gasteiger partial charge in [0, 0.05) is 18.7 Å². The molecule has 1 aromatic carbocycles. The Labute approximate surface area is 147 Å². The summed E-state index contributed by atoms with van der Waals surface area (Å²) < 4.78 is 9.80. The summed E-state index contributed by atoms with van der Waals surface area (Å²) in [6.45, 7) is 6.88. The molecule has 0 N–H and O–H groups in total. The second-order valence-corrected chi connectivity index (χ2v) is 5.47. The van der Waals surface area contributed by atoms with Crippen molar-refractivity contribution in [3.63, 3.8) is 0 Å². The molecule has 0 aliphatic carbocycles. The summed E-state index contributed by atoms with van der Waals surface area (Å²) in [7, 11) is 0. The van der Waals surface area contributed by atoms with Crippen molar-refractivity contribution in [3.8, 4) is 5.75 Å². The highest BCUT2D eigenvalue weighted by atomic mass is 79.9. The number of nitrogens with zero attached hydrogens (tertiary/aromatic N) is 2. The Morgan fingerprint density at radius 3 is 2.70 bits per heavy atom. The first kappa shape index (κ1) is 17.5. The number of benzene rings is 1. The van der Waals surface area contributed by atoms with Crippen LogP contribution in [0.1, 0.15) is 29.9 Å². The first-order chi connectivity index (χ1) is 10.7. The molecular weight excluding hydrogens is 356 g/mol. The lowest BCUT2D eigenvalue weighted by atomic mass is 10.1. The molecule has 0 saturated carbocycles. The number of ether oxygens (including phenoxy) is 1. The molecule has 2 aromatic rings. The number of halogens is 1. The molecule has 0 bridgehead atoms. The number of fused-ring (bicyclic) bond motifs is 1. The van der Waals surface area contributed by atoms with Crippen molar-refractivity contribution in [2.45, 2.75) is 20.4 Å². The van der Waals surface area contributed by atoms with E-state index in [0.717, 1.165) is 30.1 Å². The Balaban J connectivity index is 0.00000192. The molecule has 0 radical (unpaired) electrons. The Morgan fingerprint density at radius 1 is 1.26 bits per heavy atom. The van der Waals surface area contributed by atoms with Crippen LogP contribution in [-0.2, 0) is 6.54 Å². The highest BCUT2D eigenvalue weighted by Gasteiger charge is 2.24.